The summed E-state index contributed by atoms with van der Waals surface area (Å²) in [6.07, 6.45) is 7.05. The summed E-state index contributed by atoms with van der Waals surface area (Å²) in [5, 5.41) is 2.14. The third-order valence-electron chi connectivity index (χ3n) is 5.67. The molecule has 2 heterocycles. The Morgan fingerprint density at radius 1 is 1.27 bits per heavy atom. The SMILES string of the molecule is CC1CCCCN1C(=O)c1csc2c1CCC(C(C)(C)C)C2. The highest BCUT2D eigenvalue weighted by Crippen LogP contribution is 2.41. The van der Waals surface area contributed by atoms with Gasteiger partial charge in [0.05, 0.1) is 5.56 Å². The van der Waals surface area contributed by atoms with Gasteiger partial charge in [0, 0.05) is 22.8 Å². The summed E-state index contributed by atoms with van der Waals surface area (Å²) < 4.78 is 0. The zero-order chi connectivity index (χ0) is 15.9. The van der Waals surface area contributed by atoms with Crippen LogP contribution in [-0.4, -0.2) is 23.4 Å². The molecule has 0 saturated carbocycles. The third-order valence-corrected chi connectivity index (χ3v) is 6.73. The van der Waals surface area contributed by atoms with E-state index in [1.54, 1.807) is 0 Å². The lowest BCUT2D eigenvalue weighted by molar-refractivity contribution is 0.0634. The second kappa shape index (κ2) is 5.99. The van der Waals surface area contributed by atoms with Crippen molar-refractivity contribution < 1.29 is 4.79 Å². The number of hydrogen-bond donors (Lipinski definition) is 0. The molecule has 0 aromatic carbocycles. The van der Waals surface area contributed by atoms with Gasteiger partial charge in [0.1, 0.15) is 0 Å². The van der Waals surface area contributed by atoms with Gasteiger partial charge < -0.3 is 4.90 Å². The van der Waals surface area contributed by atoms with Gasteiger partial charge in [-0.05, 0) is 62.3 Å². The fourth-order valence-electron chi connectivity index (χ4n) is 3.99. The molecule has 1 aromatic heterocycles. The van der Waals surface area contributed by atoms with E-state index in [2.05, 4.69) is 38.0 Å². The zero-order valence-corrected chi connectivity index (χ0v) is 15.3. The predicted octanol–water partition coefficient (Wildman–Crippen LogP) is 4.91. The highest BCUT2D eigenvalue weighted by molar-refractivity contribution is 7.10. The molecular formula is C19H29NOS. The minimum atomic E-state index is 0.291. The van der Waals surface area contributed by atoms with Crippen LogP contribution in [0.5, 0.6) is 0 Å². The van der Waals surface area contributed by atoms with Crippen molar-refractivity contribution in [2.75, 3.05) is 6.54 Å². The van der Waals surface area contributed by atoms with Crippen molar-refractivity contribution in [1.82, 2.24) is 4.90 Å². The number of amides is 1. The highest BCUT2D eigenvalue weighted by Gasteiger charge is 2.33. The van der Waals surface area contributed by atoms with Gasteiger partial charge in [-0.1, -0.05) is 20.8 Å². The first-order chi connectivity index (χ1) is 10.4. The van der Waals surface area contributed by atoms with Gasteiger partial charge in [0.2, 0.25) is 0 Å². The van der Waals surface area contributed by atoms with Crippen LogP contribution in [0, 0.1) is 11.3 Å². The van der Waals surface area contributed by atoms with Crippen molar-refractivity contribution in [2.45, 2.75) is 72.3 Å². The van der Waals surface area contributed by atoms with Crippen LogP contribution in [0.15, 0.2) is 5.38 Å². The summed E-state index contributed by atoms with van der Waals surface area (Å²) in [7, 11) is 0. The number of rotatable bonds is 1. The Bertz CT molecular complexity index is 554. The molecule has 2 nitrogen and oxygen atoms in total. The van der Waals surface area contributed by atoms with E-state index < -0.39 is 0 Å². The second-order valence-corrected chi connectivity index (χ2v) is 9.16. The topological polar surface area (TPSA) is 20.3 Å². The normalized spacial score (nSPS) is 25.9. The summed E-state index contributed by atoms with van der Waals surface area (Å²) in [6.45, 7) is 10.2. The van der Waals surface area contributed by atoms with Crippen LogP contribution >= 0.6 is 11.3 Å². The van der Waals surface area contributed by atoms with Crippen LogP contribution in [0.1, 0.15) is 74.2 Å². The first-order valence-corrected chi connectivity index (χ1v) is 9.66. The van der Waals surface area contributed by atoms with Crippen LogP contribution < -0.4 is 0 Å². The monoisotopic (exact) mass is 319 g/mol. The maximum Gasteiger partial charge on any atom is 0.255 e. The van der Waals surface area contributed by atoms with Crippen molar-refractivity contribution in [3.8, 4) is 0 Å². The van der Waals surface area contributed by atoms with E-state index >= 15 is 0 Å². The smallest absolute Gasteiger partial charge is 0.255 e. The molecule has 3 heteroatoms. The van der Waals surface area contributed by atoms with Gasteiger partial charge in [-0.25, -0.2) is 0 Å². The fraction of sp³-hybridized carbons (Fsp3) is 0.737. The van der Waals surface area contributed by atoms with E-state index in [0.29, 0.717) is 17.4 Å². The Morgan fingerprint density at radius 3 is 2.73 bits per heavy atom. The molecule has 1 aromatic rings. The van der Waals surface area contributed by atoms with Crippen molar-refractivity contribution in [3.63, 3.8) is 0 Å². The molecule has 1 aliphatic heterocycles. The molecule has 2 aliphatic rings. The number of likely N-dealkylation sites (tertiary alicyclic amines) is 1. The molecule has 3 rings (SSSR count). The Kier molecular flexibility index (Phi) is 4.37. The molecule has 1 fully saturated rings. The Labute approximate surface area is 138 Å². The summed E-state index contributed by atoms with van der Waals surface area (Å²) >= 11 is 1.82. The quantitative estimate of drug-likeness (QED) is 0.720. The molecule has 2 unspecified atom stereocenters. The molecule has 0 N–H and O–H groups in total. The van der Waals surface area contributed by atoms with Crippen molar-refractivity contribution in [2.24, 2.45) is 11.3 Å². The molecule has 1 saturated heterocycles. The van der Waals surface area contributed by atoms with Gasteiger partial charge in [0.15, 0.2) is 0 Å². The number of fused-ring (bicyclic) bond motifs is 1. The van der Waals surface area contributed by atoms with Crippen LogP contribution in [-0.2, 0) is 12.8 Å². The molecule has 2 atom stereocenters. The third kappa shape index (κ3) is 2.97. The van der Waals surface area contributed by atoms with Crippen molar-refractivity contribution in [1.29, 1.82) is 0 Å². The number of thiophene rings is 1. The Balaban J connectivity index is 1.80. The first kappa shape index (κ1) is 16.0. The lowest BCUT2D eigenvalue weighted by atomic mass is 9.72. The van der Waals surface area contributed by atoms with E-state index in [1.165, 1.54) is 23.3 Å². The van der Waals surface area contributed by atoms with Crippen LogP contribution in [0.2, 0.25) is 0 Å². The predicted molar refractivity (Wildman–Crippen MR) is 93.6 cm³/mol. The summed E-state index contributed by atoms with van der Waals surface area (Å²) in [4.78, 5) is 16.5. The Hall–Kier alpha value is -0.830. The van der Waals surface area contributed by atoms with Crippen LogP contribution in [0.4, 0.5) is 0 Å². The molecule has 122 valence electrons. The van der Waals surface area contributed by atoms with Gasteiger partial charge in [-0.2, -0.15) is 0 Å². The molecule has 0 spiro atoms. The fourth-order valence-corrected chi connectivity index (χ4v) is 5.14. The van der Waals surface area contributed by atoms with E-state index in [0.717, 1.165) is 43.7 Å². The maximum absolute atomic E-state index is 13.0. The van der Waals surface area contributed by atoms with Gasteiger partial charge in [0.25, 0.3) is 5.91 Å². The van der Waals surface area contributed by atoms with E-state index in [1.807, 2.05) is 11.3 Å². The zero-order valence-electron chi connectivity index (χ0n) is 14.4. The van der Waals surface area contributed by atoms with Gasteiger partial charge in [-0.15, -0.1) is 11.3 Å². The molecule has 1 amide bonds. The maximum atomic E-state index is 13.0. The summed E-state index contributed by atoms with van der Waals surface area (Å²) in [5.74, 6) is 1.04. The van der Waals surface area contributed by atoms with Crippen molar-refractivity contribution in [3.05, 3.63) is 21.4 Å². The lowest BCUT2D eigenvalue weighted by Crippen LogP contribution is -2.42. The molecular weight excluding hydrogens is 290 g/mol. The first-order valence-electron chi connectivity index (χ1n) is 8.78. The van der Waals surface area contributed by atoms with E-state index in [4.69, 9.17) is 0 Å². The number of carbonyl (C=O) groups excluding carboxylic acids is 1. The average molecular weight is 320 g/mol. The standard InChI is InChI=1S/C19H29NOS/c1-13-7-5-6-10-20(13)18(21)16-12-22-17-11-14(19(2,3)4)8-9-15(16)17/h12-14H,5-11H2,1-4H3. The second-order valence-electron chi connectivity index (χ2n) is 8.20. The highest BCUT2D eigenvalue weighted by atomic mass is 32.1. The number of carbonyl (C=O) groups is 1. The van der Waals surface area contributed by atoms with Gasteiger partial charge in [-0.3, -0.25) is 4.79 Å². The van der Waals surface area contributed by atoms with E-state index in [-0.39, 0.29) is 0 Å². The summed E-state index contributed by atoms with van der Waals surface area (Å²) in [5.41, 5.74) is 2.75. The van der Waals surface area contributed by atoms with E-state index in [9.17, 15) is 4.79 Å². The number of piperidine rings is 1. The Morgan fingerprint density at radius 2 is 2.05 bits per heavy atom. The number of nitrogens with zero attached hydrogens (tertiary/aromatic N) is 1. The molecule has 0 radical (unpaired) electrons. The minimum absolute atomic E-state index is 0.291. The van der Waals surface area contributed by atoms with Crippen molar-refractivity contribution >= 4 is 17.2 Å². The largest absolute Gasteiger partial charge is 0.336 e. The van der Waals surface area contributed by atoms with Crippen LogP contribution in [0.25, 0.3) is 0 Å². The molecule has 22 heavy (non-hydrogen) atoms. The lowest BCUT2D eigenvalue weighted by Gasteiger charge is -2.35. The minimum Gasteiger partial charge on any atom is -0.336 e. The van der Waals surface area contributed by atoms with Gasteiger partial charge >= 0.3 is 0 Å². The summed E-state index contributed by atoms with van der Waals surface area (Å²) in [6, 6.07) is 0.405. The molecule has 0 bridgehead atoms. The van der Waals surface area contributed by atoms with Crippen LogP contribution in [0.3, 0.4) is 0 Å². The number of hydrogen-bond acceptors (Lipinski definition) is 2. The molecule has 1 aliphatic carbocycles. The average Bonchev–Trinajstić information content (AvgIpc) is 2.89.